The lowest BCUT2D eigenvalue weighted by molar-refractivity contribution is -0.139. The number of para-hydroxylation sites is 1. The largest absolute Gasteiger partial charge is 0.372 e. The fraction of sp³-hybridized carbons (Fsp3) is 0.556. The minimum atomic E-state index is -0.429. The molecule has 0 aromatic heterocycles. The molecule has 6 heteroatoms. The van der Waals surface area contributed by atoms with Crippen molar-refractivity contribution in [1.82, 2.24) is 9.80 Å². The fourth-order valence-electron chi connectivity index (χ4n) is 3.86. The van der Waals surface area contributed by atoms with Gasteiger partial charge in [-0.3, -0.25) is 4.79 Å². The van der Waals surface area contributed by atoms with E-state index < -0.39 is 6.03 Å². The molecule has 2 heterocycles. The van der Waals surface area contributed by atoms with Crippen LogP contribution >= 0.6 is 0 Å². The molecule has 2 aliphatic rings. The molecule has 1 aromatic rings. The van der Waals surface area contributed by atoms with Crippen molar-refractivity contribution in [2.45, 2.75) is 32.4 Å². The van der Waals surface area contributed by atoms with Gasteiger partial charge < -0.3 is 20.4 Å². The summed E-state index contributed by atoms with van der Waals surface area (Å²) in [5.41, 5.74) is 7.75. The summed E-state index contributed by atoms with van der Waals surface area (Å²) in [5, 5.41) is 0. The molecule has 0 unspecified atom stereocenters. The van der Waals surface area contributed by atoms with E-state index >= 15 is 0 Å². The molecule has 0 spiro atoms. The smallest absolute Gasteiger partial charge is 0.314 e. The van der Waals surface area contributed by atoms with E-state index in [1.165, 1.54) is 11.3 Å². The van der Waals surface area contributed by atoms with Crippen LogP contribution in [0.2, 0.25) is 0 Å². The highest BCUT2D eigenvalue weighted by molar-refractivity contribution is 5.81. The zero-order valence-electron chi connectivity index (χ0n) is 14.4. The van der Waals surface area contributed by atoms with Crippen molar-refractivity contribution in [3.8, 4) is 0 Å². The van der Waals surface area contributed by atoms with Gasteiger partial charge in [-0.1, -0.05) is 18.2 Å². The minimum absolute atomic E-state index is 0.124. The summed E-state index contributed by atoms with van der Waals surface area (Å²) in [6.07, 6.45) is 1.65. The van der Waals surface area contributed by atoms with E-state index in [1.54, 1.807) is 4.90 Å². The Kier molecular flexibility index (Phi) is 4.64. The highest BCUT2D eigenvalue weighted by atomic mass is 16.2. The first-order valence-corrected chi connectivity index (χ1v) is 8.61. The summed E-state index contributed by atoms with van der Waals surface area (Å²) in [7, 11) is 2.07. The number of likely N-dealkylation sites (N-methyl/N-ethyl adjacent to an activating group) is 1. The Morgan fingerprint density at radius 3 is 2.71 bits per heavy atom. The van der Waals surface area contributed by atoms with Crippen LogP contribution in [0.15, 0.2) is 24.3 Å². The monoisotopic (exact) mass is 330 g/mol. The molecule has 0 bridgehead atoms. The van der Waals surface area contributed by atoms with Crippen LogP contribution in [0.3, 0.4) is 0 Å². The number of nitrogens with zero attached hydrogens (tertiary/aromatic N) is 3. The molecule has 6 nitrogen and oxygen atoms in total. The number of hydrogen-bond acceptors (Lipinski definition) is 3. The van der Waals surface area contributed by atoms with Crippen molar-refractivity contribution >= 4 is 17.6 Å². The summed E-state index contributed by atoms with van der Waals surface area (Å²) >= 11 is 0. The molecule has 3 amide bonds. The number of carbonyl (C=O) groups excluding carboxylic acids is 2. The van der Waals surface area contributed by atoms with E-state index in [9.17, 15) is 9.59 Å². The van der Waals surface area contributed by atoms with Gasteiger partial charge in [-0.25, -0.2) is 4.79 Å². The minimum Gasteiger partial charge on any atom is -0.372 e. The topological polar surface area (TPSA) is 69.9 Å². The van der Waals surface area contributed by atoms with Crippen LogP contribution < -0.4 is 10.6 Å². The first-order chi connectivity index (χ1) is 11.5. The summed E-state index contributed by atoms with van der Waals surface area (Å²) in [5.74, 6) is -0.0113. The van der Waals surface area contributed by atoms with Crippen LogP contribution in [0, 0.1) is 5.92 Å². The van der Waals surface area contributed by atoms with Crippen molar-refractivity contribution in [2.24, 2.45) is 11.7 Å². The van der Waals surface area contributed by atoms with Crippen molar-refractivity contribution < 1.29 is 9.59 Å². The third-order valence-electron chi connectivity index (χ3n) is 5.18. The van der Waals surface area contributed by atoms with Gasteiger partial charge >= 0.3 is 6.03 Å². The van der Waals surface area contributed by atoms with Crippen LogP contribution in [-0.4, -0.2) is 54.5 Å². The molecule has 2 aliphatic heterocycles. The second-order valence-electron chi connectivity index (χ2n) is 6.95. The van der Waals surface area contributed by atoms with E-state index in [1.807, 2.05) is 17.0 Å². The predicted molar refractivity (Wildman–Crippen MR) is 93.6 cm³/mol. The number of hydrogen-bond donors (Lipinski definition) is 1. The maximum atomic E-state index is 13.1. The van der Waals surface area contributed by atoms with Crippen molar-refractivity contribution in [3.63, 3.8) is 0 Å². The van der Waals surface area contributed by atoms with Gasteiger partial charge in [0.2, 0.25) is 5.91 Å². The van der Waals surface area contributed by atoms with Crippen LogP contribution in [0.1, 0.15) is 25.3 Å². The zero-order valence-corrected chi connectivity index (χ0v) is 14.4. The normalized spacial score (nSPS) is 24.3. The first-order valence-electron chi connectivity index (χ1n) is 8.61. The number of rotatable bonds is 1. The second kappa shape index (κ2) is 6.71. The summed E-state index contributed by atoms with van der Waals surface area (Å²) in [6, 6.07) is 7.93. The highest BCUT2D eigenvalue weighted by Gasteiger charge is 2.34. The molecule has 2 N–H and O–H groups in total. The van der Waals surface area contributed by atoms with Crippen LogP contribution in [0.5, 0.6) is 0 Å². The summed E-state index contributed by atoms with van der Waals surface area (Å²) in [4.78, 5) is 30.3. The standard InChI is InChI=1S/C18H26N4O2/c1-13-10-20(2)16-8-4-3-6-14(16)12-22(13)17(23)15-7-5-9-21(11-15)18(19)24/h3-4,6,8,13,15H,5,7,9-12H2,1-2H3,(H2,19,24)/t13-,15-/m0/s1. The maximum Gasteiger partial charge on any atom is 0.314 e. The number of benzene rings is 1. The lowest BCUT2D eigenvalue weighted by Crippen LogP contribution is -2.50. The van der Waals surface area contributed by atoms with Crippen molar-refractivity contribution in [3.05, 3.63) is 29.8 Å². The Labute approximate surface area is 143 Å². The zero-order chi connectivity index (χ0) is 17.3. The molecule has 0 saturated carbocycles. The molecular formula is C18H26N4O2. The number of urea groups is 1. The number of likely N-dealkylation sites (tertiary alicyclic amines) is 1. The molecular weight excluding hydrogens is 304 g/mol. The number of primary amides is 1. The fourth-order valence-corrected chi connectivity index (χ4v) is 3.86. The summed E-state index contributed by atoms with van der Waals surface area (Å²) in [6.45, 7) is 4.60. The van der Waals surface area contributed by atoms with Crippen molar-refractivity contribution in [2.75, 3.05) is 31.6 Å². The number of anilines is 1. The van der Waals surface area contributed by atoms with Gasteiger partial charge in [0, 0.05) is 45.0 Å². The van der Waals surface area contributed by atoms with Crippen molar-refractivity contribution in [1.29, 1.82) is 0 Å². The Bertz CT molecular complexity index is 633. The van der Waals surface area contributed by atoms with Gasteiger partial charge in [0.15, 0.2) is 0 Å². The average Bonchev–Trinajstić information content (AvgIpc) is 2.71. The quantitative estimate of drug-likeness (QED) is 0.851. The Balaban J connectivity index is 1.80. The lowest BCUT2D eigenvalue weighted by Gasteiger charge is -2.36. The SMILES string of the molecule is C[C@H]1CN(C)c2ccccc2CN1C(=O)[C@H]1CCCN(C(N)=O)C1. The van der Waals surface area contributed by atoms with E-state index in [-0.39, 0.29) is 17.9 Å². The molecule has 24 heavy (non-hydrogen) atoms. The molecule has 1 fully saturated rings. The molecule has 0 radical (unpaired) electrons. The molecule has 1 saturated heterocycles. The molecule has 1 aromatic carbocycles. The Morgan fingerprint density at radius 1 is 1.21 bits per heavy atom. The lowest BCUT2D eigenvalue weighted by atomic mass is 9.96. The van der Waals surface area contributed by atoms with E-state index in [4.69, 9.17) is 5.73 Å². The van der Waals surface area contributed by atoms with E-state index in [0.29, 0.717) is 19.6 Å². The van der Waals surface area contributed by atoms with Crippen LogP contribution in [0.25, 0.3) is 0 Å². The Hall–Kier alpha value is -2.24. The predicted octanol–water partition coefficient (Wildman–Crippen LogP) is 1.64. The maximum absolute atomic E-state index is 13.1. The van der Waals surface area contributed by atoms with Gasteiger partial charge in [0.1, 0.15) is 0 Å². The second-order valence-corrected chi connectivity index (χ2v) is 6.95. The molecule has 0 aliphatic carbocycles. The number of piperidine rings is 1. The molecule has 3 rings (SSSR count). The molecule has 130 valence electrons. The Morgan fingerprint density at radius 2 is 1.96 bits per heavy atom. The molecule has 2 atom stereocenters. The van der Waals surface area contributed by atoms with E-state index in [2.05, 4.69) is 31.0 Å². The van der Waals surface area contributed by atoms with Gasteiger partial charge in [-0.05, 0) is 31.4 Å². The average molecular weight is 330 g/mol. The highest BCUT2D eigenvalue weighted by Crippen LogP contribution is 2.28. The van der Waals surface area contributed by atoms with Gasteiger partial charge in [0.25, 0.3) is 0 Å². The number of fused-ring (bicyclic) bond motifs is 1. The third-order valence-corrected chi connectivity index (χ3v) is 5.18. The van der Waals surface area contributed by atoms with E-state index in [0.717, 1.165) is 19.4 Å². The first kappa shape index (κ1) is 16.6. The number of amides is 3. The van der Waals surface area contributed by atoms with Crippen LogP contribution in [-0.2, 0) is 11.3 Å². The van der Waals surface area contributed by atoms with Gasteiger partial charge in [-0.2, -0.15) is 0 Å². The summed E-state index contributed by atoms with van der Waals surface area (Å²) < 4.78 is 0. The van der Waals surface area contributed by atoms with Crippen LogP contribution in [0.4, 0.5) is 10.5 Å². The van der Waals surface area contributed by atoms with Gasteiger partial charge in [0.05, 0.1) is 5.92 Å². The van der Waals surface area contributed by atoms with Gasteiger partial charge in [-0.15, -0.1) is 0 Å². The third kappa shape index (κ3) is 3.18. The number of carbonyl (C=O) groups is 2. The number of nitrogens with two attached hydrogens (primary N) is 1.